The molecule has 2 aliphatic rings. The van der Waals surface area contributed by atoms with Gasteiger partial charge in [-0.05, 0) is 32.1 Å². The molecule has 2 rings (SSSR count). The first-order valence-corrected chi connectivity index (χ1v) is 7.78. The van der Waals surface area contributed by atoms with Gasteiger partial charge in [-0.25, -0.2) is 0 Å². The Bertz CT molecular complexity index is 299. The number of ether oxygens (including phenoxy) is 4. The molecule has 2 fully saturated rings. The summed E-state index contributed by atoms with van der Waals surface area (Å²) in [6.07, 6.45) is 4.97. The molecule has 0 aromatic carbocycles. The molecule has 0 radical (unpaired) electrons. The van der Waals surface area contributed by atoms with Crippen LogP contribution in [-0.4, -0.2) is 50.6 Å². The second kappa shape index (κ2) is 9.00. The minimum Gasteiger partial charge on any atom is -0.463 e. The molecule has 0 unspecified atom stereocenters. The molecule has 0 N–H and O–H groups in total. The van der Waals surface area contributed by atoms with Crippen LogP contribution in [0.2, 0.25) is 0 Å². The first kappa shape index (κ1) is 16.2. The number of carbonyl (C=O) groups excluding carboxylic acids is 2. The minimum atomic E-state index is -0.280. The monoisotopic (exact) mass is 300 g/mol. The van der Waals surface area contributed by atoms with Gasteiger partial charge in [0, 0.05) is 26.1 Å². The lowest BCUT2D eigenvalue weighted by atomic mass is 10.2. The fourth-order valence-electron chi connectivity index (χ4n) is 2.44. The van der Waals surface area contributed by atoms with E-state index in [1.807, 2.05) is 0 Å². The van der Waals surface area contributed by atoms with Gasteiger partial charge in [-0.2, -0.15) is 0 Å². The van der Waals surface area contributed by atoms with E-state index < -0.39 is 0 Å². The summed E-state index contributed by atoms with van der Waals surface area (Å²) in [5.41, 5.74) is 0. The molecular weight excluding hydrogens is 276 g/mol. The van der Waals surface area contributed by atoms with E-state index in [4.69, 9.17) is 18.9 Å². The predicted molar refractivity (Wildman–Crippen MR) is 73.7 cm³/mol. The summed E-state index contributed by atoms with van der Waals surface area (Å²) < 4.78 is 21.0. The fourth-order valence-corrected chi connectivity index (χ4v) is 2.44. The standard InChI is InChI=1S/C15H24O6/c16-14(20-10-12-4-2-8-18-12)6-1-7-15(17)21-11-13-5-3-9-19-13/h12-13H,1-11H2/t12-,13-/m1/s1. The van der Waals surface area contributed by atoms with E-state index in [-0.39, 0.29) is 37.0 Å². The molecule has 21 heavy (non-hydrogen) atoms. The Morgan fingerprint density at radius 2 is 1.33 bits per heavy atom. The lowest BCUT2D eigenvalue weighted by molar-refractivity contribution is -0.148. The molecule has 0 bridgehead atoms. The molecule has 2 heterocycles. The van der Waals surface area contributed by atoms with Crippen LogP contribution in [0.5, 0.6) is 0 Å². The van der Waals surface area contributed by atoms with Crippen LogP contribution in [0.25, 0.3) is 0 Å². The van der Waals surface area contributed by atoms with E-state index in [9.17, 15) is 9.59 Å². The van der Waals surface area contributed by atoms with Gasteiger partial charge in [0.1, 0.15) is 13.2 Å². The van der Waals surface area contributed by atoms with Gasteiger partial charge in [-0.15, -0.1) is 0 Å². The van der Waals surface area contributed by atoms with Crippen molar-refractivity contribution in [1.82, 2.24) is 0 Å². The quantitative estimate of drug-likeness (QED) is 0.634. The van der Waals surface area contributed by atoms with Crippen molar-refractivity contribution < 1.29 is 28.5 Å². The number of hydrogen-bond donors (Lipinski definition) is 0. The van der Waals surface area contributed by atoms with Crippen molar-refractivity contribution in [2.24, 2.45) is 0 Å². The number of carbonyl (C=O) groups is 2. The normalized spacial score (nSPS) is 25.0. The van der Waals surface area contributed by atoms with Crippen LogP contribution in [-0.2, 0) is 28.5 Å². The second-order valence-corrected chi connectivity index (χ2v) is 5.49. The molecule has 6 nitrogen and oxygen atoms in total. The maximum atomic E-state index is 11.5. The summed E-state index contributed by atoms with van der Waals surface area (Å²) >= 11 is 0. The molecule has 120 valence electrons. The maximum Gasteiger partial charge on any atom is 0.305 e. The summed E-state index contributed by atoms with van der Waals surface area (Å²) in [6.45, 7) is 2.14. The van der Waals surface area contributed by atoms with E-state index in [1.165, 1.54) is 0 Å². The summed E-state index contributed by atoms with van der Waals surface area (Å²) in [7, 11) is 0. The van der Waals surface area contributed by atoms with Crippen molar-refractivity contribution in [3.05, 3.63) is 0 Å². The molecule has 0 aliphatic carbocycles. The smallest absolute Gasteiger partial charge is 0.305 e. The molecule has 2 saturated heterocycles. The maximum absolute atomic E-state index is 11.5. The highest BCUT2D eigenvalue weighted by Crippen LogP contribution is 2.13. The van der Waals surface area contributed by atoms with E-state index in [0.717, 1.165) is 38.9 Å². The average molecular weight is 300 g/mol. The van der Waals surface area contributed by atoms with Crippen LogP contribution in [0.15, 0.2) is 0 Å². The lowest BCUT2D eigenvalue weighted by Gasteiger charge is -2.11. The molecule has 0 amide bonds. The van der Waals surface area contributed by atoms with Crippen LogP contribution in [0.1, 0.15) is 44.9 Å². The third kappa shape index (κ3) is 6.44. The third-order valence-electron chi connectivity index (χ3n) is 3.67. The number of hydrogen-bond acceptors (Lipinski definition) is 6. The number of esters is 2. The molecule has 0 saturated carbocycles. The summed E-state index contributed by atoms with van der Waals surface area (Å²) in [4.78, 5) is 23.0. The first-order chi connectivity index (χ1) is 10.2. The highest BCUT2D eigenvalue weighted by atomic mass is 16.6. The van der Waals surface area contributed by atoms with Gasteiger partial charge in [-0.1, -0.05) is 0 Å². The molecule has 0 aromatic heterocycles. The van der Waals surface area contributed by atoms with E-state index in [0.29, 0.717) is 19.6 Å². The van der Waals surface area contributed by atoms with Gasteiger partial charge in [0.05, 0.1) is 12.2 Å². The summed E-state index contributed by atoms with van der Waals surface area (Å²) in [6, 6.07) is 0. The molecule has 2 atom stereocenters. The predicted octanol–water partition coefficient (Wildman–Crippen LogP) is 1.60. The lowest BCUT2D eigenvalue weighted by Crippen LogP contribution is -2.19. The Hall–Kier alpha value is -1.14. The fraction of sp³-hybridized carbons (Fsp3) is 0.867. The average Bonchev–Trinajstić information content (AvgIpc) is 3.16. The van der Waals surface area contributed by atoms with Crippen LogP contribution in [0.3, 0.4) is 0 Å². The molecule has 0 aromatic rings. The number of rotatable bonds is 8. The van der Waals surface area contributed by atoms with Gasteiger partial charge >= 0.3 is 11.9 Å². The topological polar surface area (TPSA) is 71.1 Å². The van der Waals surface area contributed by atoms with Gasteiger partial charge in [0.15, 0.2) is 0 Å². The van der Waals surface area contributed by atoms with Crippen LogP contribution in [0.4, 0.5) is 0 Å². The van der Waals surface area contributed by atoms with Gasteiger partial charge in [0.25, 0.3) is 0 Å². The van der Waals surface area contributed by atoms with Crippen LogP contribution >= 0.6 is 0 Å². The van der Waals surface area contributed by atoms with E-state index in [1.54, 1.807) is 0 Å². The van der Waals surface area contributed by atoms with Crippen molar-refractivity contribution in [2.45, 2.75) is 57.2 Å². The van der Waals surface area contributed by atoms with Crippen molar-refractivity contribution in [3.63, 3.8) is 0 Å². The van der Waals surface area contributed by atoms with Crippen molar-refractivity contribution >= 4 is 11.9 Å². The SMILES string of the molecule is O=C(CCCC(=O)OC[C@H]1CCCO1)OC[C@H]1CCCO1. The zero-order chi connectivity index (χ0) is 14.9. The van der Waals surface area contributed by atoms with Gasteiger partial charge in [0.2, 0.25) is 0 Å². The molecule has 2 aliphatic heterocycles. The van der Waals surface area contributed by atoms with Crippen molar-refractivity contribution in [3.8, 4) is 0 Å². The Morgan fingerprint density at radius 1 is 0.857 bits per heavy atom. The Labute approximate surface area is 125 Å². The van der Waals surface area contributed by atoms with Gasteiger partial charge in [-0.3, -0.25) is 9.59 Å². The largest absolute Gasteiger partial charge is 0.463 e. The summed E-state index contributed by atoms with van der Waals surface area (Å²) in [5, 5.41) is 0. The molecule has 0 spiro atoms. The minimum absolute atomic E-state index is 0.0466. The van der Waals surface area contributed by atoms with E-state index in [2.05, 4.69) is 0 Å². The Balaban J connectivity index is 1.45. The first-order valence-electron chi connectivity index (χ1n) is 7.78. The van der Waals surface area contributed by atoms with Gasteiger partial charge < -0.3 is 18.9 Å². The Kier molecular flexibility index (Phi) is 6.95. The van der Waals surface area contributed by atoms with Crippen molar-refractivity contribution in [2.75, 3.05) is 26.4 Å². The zero-order valence-corrected chi connectivity index (χ0v) is 12.4. The van der Waals surface area contributed by atoms with E-state index >= 15 is 0 Å². The van der Waals surface area contributed by atoms with Crippen LogP contribution in [0, 0.1) is 0 Å². The highest BCUT2D eigenvalue weighted by molar-refractivity contribution is 5.72. The highest BCUT2D eigenvalue weighted by Gasteiger charge is 2.19. The van der Waals surface area contributed by atoms with Crippen LogP contribution < -0.4 is 0 Å². The Morgan fingerprint density at radius 3 is 1.71 bits per heavy atom. The molecular formula is C15H24O6. The zero-order valence-electron chi connectivity index (χ0n) is 12.4. The van der Waals surface area contributed by atoms with Crippen molar-refractivity contribution in [1.29, 1.82) is 0 Å². The molecule has 6 heteroatoms. The summed E-state index contributed by atoms with van der Waals surface area (Å²) in [5.74, 6) is -0.560. The third-order valence-corrected chi connectivity index (χ3v) is 3.67. The second-order valence-electron chi connectivity index (χ2n) is 5.49.